The van der Waals surface area contributed by atoms with Gasteiger partial charge in [0, 0.05) is 11.6 Å². The van der Waals surface area contributed by atoms with Gasteiger partial charge in [-0.3, -0.25) is 0 Å². The topological polar surface area (TPSA) is 36.9 Å². The molecule has 4 nitrogen and oxygen atoms in total. The summed E-state index contributed by atoms with van der Waals surface area (Å²) in [6.45, 7) is 3.76. The molecule has 1 aromatic carbocycles. The molecule has 0 bridgehead atoms. The van der Waals surface area contributed by atoms with Gasteiger partial charge in [0.25, 0.3) is 0 Å². The van der Waals surface area contributed by atoms with Gasteiger partial charge in [0.2, 0.25) is 0 Å². The van der Waals surface area contributed by atoms with Crippen molar-refractivity contribution < 1.29 is 18.9 Å². The van der Waals surface area contributed by atoms with Crippen molar-refractivity contribution in [1.29, 1.82) is 0 Å². The SMILES string of the molecule is C=CCCCCCCCCCc1c(OC)c(OC)cc(OC)c1OC. The maximum atomic E-state index is 5.57. The van der Waals surface area contributed by atoms with E-state index in [1.54, 1.807) is 28.4 Å². The highest BCUT2D eigenvalue weighted by molar-refractivity contribution is 5.61. The molecule has 0 aliphatic rings. The third-order valence-electron chi connectivity index (χ3n) is 4.44. The highest BCUT2D eigenvalue weighted by Crippen LogP contribution is 2.45. The van der Waals surface area contributed by atoms with E-state index in [1.807, 2.05) is 12.1 Å². The Morgan fingerprint density at radius 2 is 1.20 bits per heavy atom. The van der Waals surface area contributed by atoms with Gasteiger partial charge in [-0.1, -0.05) is 38.2 Å². The number of methoxy groups -OCH3 is 4. The highest BCUT2D eigenvalue weighted by atomic mass is 16.5. The Balaban J connectivity index is 2.60. The van der Waals surface area contributed by atoms with Crippen LogP contribution in [0.25, 0.3) is 0 Å². The lowest BCUT2D eigenvalue weighted by Gasteiger charge is -2.19. The Bertz CT molecular complexity index is 481. The summed E-state index contributed by atoms with van der Waals surface area (Å²) in [5.41, 5.74) is 1.02. The number of hydrogen-bond acceptors (Lipinski definition) is 4. The number of unbranched alkanes of at least 4 members (excludes halogenated alkanes) is 7. The van der Waals surface area contributed by atoms with Crippen LogP contribution in [0, 0.1) is 0 Å². The number of ether oxygens (including phenoxy) is 4. The quantitative estimate of drug-likeness (QED) is 0.325. The number of hydrogen-bond donors (Lipinski definition) is 0. The van der Waals surface area contributed by atoms with Gasteiger partial charge >= 0.3 is 0 Å². The molecule has 0 heterocycles. The normalized spacial score (nSPS) is 10.4. The Morgan fingerprint density at radius 1 is 0.720 bits per heavy atom. The Morgan fingerprint density at radius 3 is 1.64 bits per heavy atom. The molecular weight excluding hydrogens is 316 g/mol. The van der Waals surface area contributed by atoms with E-state index in [0.717, 1.165) is 36.3 Å². The van der Waals surface area contributed by atoms with Crippen molar-refractivity contribution >= 4 is 0 Å². The van der Waals surface area contributed by atoms with Gasteiger partial charge in [0.15, 0.2) is 23.0 Å². The maximum Gasteiger partial charge on any atom is 0.167 e. The molecule has 0 N–H and O–H groups in total. The first-order valence-corrected chi connectivity index (χ1v) is 9.20. The molecule has 0 fully saturated rings. The zero-order valence-electron chi connectivity index (χ0n) is 16.4. The molecule has 1 aromatic rings. The van der Waals surface area contributed by atoms with Crippen LogP contribution in [0.2, 0.25) is 0 Å². The number of rotatable bonds is 14. The van der Waals surface area contributed by atoms with Crippen molar-refractivity contribution in [2.24, 2.45) is 0 Å². The van der Waals surface area contributed by atoms with Crippen LogP contribution in [0.4, 0.5) is 0 Å². The molecule has 0 aliphatic carbocycles. The van der Waals surface area contributed by atoms with Crippen LogP contribution in [0.15, 0.2) is 18.7 Å². The van der Waals surface area contributed by atoms with Crippen molar-refractivity contribution in [3.63, 3.8) is 0 Å². The summed E-state index contributed by atoms with van der Waals surface area (Å²) in [7, 11) is 6.60. The van der Waals surface area contributed by atoms with Crippen molar-refractivity contribution in [3.8, 4) is 23.0 Å². The minimum Gasteiger partial charge on any atom is -0.493 e. The lowest BCUT2D eigenvalue weighted by atomic mass is 10.0. The van der Waals surface area contributed by atoms with Crippen LogP contribution in [-0.2, 0) is 6.42 Å². The molecule has 0 saturated carbocycles. The fraction of sp³-hybridized carbons (Fsp3) is 0.619. The molecule has 4 heteroatoms. The molecule has 0 aromatic heterocycles. The van der Waals surface area contributed by atoms with Crippen molar-refractivity contribution in [3.05, 3.63) is 24.3 Å². The average molecular weight is 350 g/mol. The maximum absolute atomic E-state index is 5.57. The van der Waals surface area contributed by atoms with Crippen LogP contribution >= 0.6 is 0 Å². The second-order valence-corrected chi connectivity index (χ2v) is 6.13. The minimum atomic E-state index is 0.678. The zero-order valence-corrected chi connectivity index (χ0v) is 16.4. The smallest absolute Gasteiger partial charge is 0.167 e. The number of benzene rings is 1. The highest BCUT2D eigenvalue weighted by Gasteiger charge is 2.20. The Kier molecular flexibility index (Phi) is 10.6. The fourth-order valence-corrected chi connectivity index (χ4v) is 3.10. The van der Waals surface area contributed by atoms with E-state index in [4.69, 9.17) is 18.9 Å². The summed E-state index contributed by atoms with van der Waals surface area (Å²) in [5.74, 6) is 2.84. The molecule has 1 rings (SSSR count). The van der Waals surface area contributed by atoms with Crippen LogP contribution in [-0.4, -0.2) is 28.4 Å². The average Bonchev–Trinajstić information content (AvgIpc) is 2.65. The van der Waals surface area contributed by atoms with Gasteiger partial charge in [0.1, 0.15) is 0 Å². The van der Waals surface area contributed by atoms with E-state index < -0.39 is 0 Å². The van der Waals surface area contributed by atoms with E-state index in [-0.39, 0.29) is 0 Å². The van der Waals surface area contributed by atoms with E-state index in [1.165, 1.54) is 38.5 Å². The van der Waals surface area contributed by atoms with Gasteiger partial charge in [-0.15, -0.1) is 6.58 Å². The van der Waals surface area contributed by atoms with Gasteiger partial charge in [-0.25, -0.2) is 0 Å². The third-order valence-corrected chi connectivity index (χ3v) is 4.44. The van der Waals surface area contributed by atoms with Crippen LogP contribution < -0.4 is 18.9 Å². The minimum absolute atomic E-state index is 0.678. The molecule has 0 amide bonds. The van der Waals surface area contributed by atoms with Gasteiger partial charge in [-0.05, 0) is 25.7 Å². The Labute approximate surface area is 153 Å². The fourth-order valence-electron chi connectivity index (χ4n) is 3.10. The van der Waals surface area contributed by atoms with Crippen LogP contribution in [0.5, 0.6) is 23.0 Å². The summed E-state index contributed by atoms with van der Waals surface area (Å²) >= 11 is 0. The first-order chi connectivity index (χ1) is 12.2. The van der Waals surface area contributed by atoms with Gasteiger partial charge < -0.3 is 18.9 Å². The lowest BCUT2D eigenvalue weighted by Crippen LogP contribution is -2.02. The molecule has 142 valence electrons. The van der Waals surface area contributed by atoms with Crippen molar-refractivity contribution in [2.75, 3.05) is 28.4 Å². The van der Waals surface area contributed by atoms with Crippen LogP contribution in [0.3, 0.4) is 0 Å². The third kappa shape index (κ3) is 6.52. The zero-order chi connectivity index (χ0) is 18.5. The summed E-state index contributed by atoms with van der Waals surface area (Å²) in [5, 5.41) is 0. The predicted octanol–water partition coefficient (Wildman–Crippen LogP) is 5.57. The second kappa shape index (κ2) is 12.5. The monoisotopic (exact) mass is 350 g/mol. The molecule has 0 aliphatic heterocycles. The standard InChI is InChI=1S/C21H34O4/c1-6-7-8-9-10-11-12-13-14-15-17-20(24-4)18(22-2)16-19(23-3)21(17)25-5/h6,16H,1,7-15H2,2-5H3. The van der Waals surface area contributed by atoms with E-state index in [0.29, 0.717) is 11.5 Å². The molecular formula is C21H34O4. The van der Waals surface area contributed by atoms with Crippen molar-refractivity contribution in [2.45, 2.75) is 57.8 Å². The summed E-state index contributed by atoms with van der Waals surface area (Å²) in [6, 6.07) is 1.81. The van der Waals surface area contributed by atoms with Crippen LogP contribution in [0.1, 0.15) is 56.9 Å². The van der Waals surface area contributed by atoms with E-state index in [2.05, 4.69) is 6.58 Å². The molecule has 0 spiro atoms. The van der Waals surface area contributed by atoms with Gasteiger partial charge in [-0.2, -0.15) is 0 Å². The first-order valence-electron chi connectivity index (χ1n) is 9.20. The molecule has 0 radical (unpaired) electrons. The summed E-state index contributed by atoms with van der Waals surface area (Å²) < 4.78 is 22.0. The lowest BCUT2D eigenvalue weighted by molar-refractivity contribution is 0.323. The van der Waals surface area contributed by atoms with Crippen molar-refractivity contribution in [1.82, 2.24) is 0 Å². The largest absolute Gasteiger partial charge is 0.493 e. The van der Waals surface area contributed by atoms with Gasteiger partial charge in [0.05, 0.1) is 28.4 Å². The van der Waals surface area contributed by atoms with E-state index >= 15 is 0 Å². The predicted molar refractivity (Wildman–Crippen MR) is 103 cm³/mol. The summed E-state index contributed by atoms with van der Waals surface area (Å²) in [4.78, 5) is 0. The molecule has 25 heavy (non-hydrogen) atoms. The molecule has 0 atom stereocenters. The summed E-state index contributed by atoms with van der Waals surface area (Å²) in [6.07, 6.45) is 12.8. The molecule has 0 saturated heterocycles. The number of allylic oxidation sites excluding steroid dienone is 1. The molecule has 0 unspecified atom stereocenters. The van der Waals surface area contributed by atoms with E-state index in [9.17, 15) is 0 Å². The Hall–Kier alpha value is -1.84. The first kappa shape index (κ1) is 21.2. The second-order valence-electron chi connectivity index (χ2n) is 6.13.